The van der Waals surface area contributed by atoms with E-state index in [4.69, 9.17) is 5.73 Å². The number of aromatic nitrogens is 4. The molecule has 4 rings (SSSR count). The molecular formula is C17H13N5O2S. The number of hydrogen-bond donors (Lipinski definition) is 2. The van der Waals surface area contributed by atoms with Gasteiger partial charge in [-0.2, -0.15) is 0 Å². The number of benzene rings is 1. The summed E-state index contributed by atoms with van der Waals surface area (Å²) in [7, 11) is 0. The molecule has 0 aliphatic carbocycles. The van der Waals surface area contributed by atoms with Gasteiger partial charge in [0, 0.05) is 0 Å². The Kier molecular flexibility index (Phi) is 3.47. The first-order valence-electron chi connectivity index (χ1n) is 7.48. The summed E-state index contributed by atoms with van der Waals surface area (Å²) in [5, 5.41) is 1.89. The van der Waals surface area contributed by atoms with Crippen LogP contribution in [0.2, 0.25) is 0 Å². The van der Waals surface area contributed by atoms with Gasteiger partial charge >= 0.3 is 5.69 Å². The van der Waals surface area contributed by atoms with Crippen molar-refractivity contribution in [2.75, 3.05) is 0 Å². The number of rotatable bonds is 3. The molecule has 124 valence electrons. The van der Waals surface area contributed by atoms with Gasteiger partial charge in [0.15, 0.2) is 17.2 Å². The summed E-state index contributed by atoms with van der Waals surface area (Å²) in [6.07, 6.45) is 0. The van der Waals surface area contributed by atoms with Crippen molar-refractivity contribution in [2.45, 2.75) is 6.92 Å². The third-order valence-corrected chi connectivity index (χ3v) is 4.67. The number of aromatic amines is 1. The van der Waals surface area contributed by atoms with Gasteiger partial charge in [0.05, 0.1) is 10.6 Å². The van der Waals surface area contributed by atoms with Gasteiger partial charge in [0.2, 0.25) is 0 Å². The number of nitrogens with one attached hydrogen (secondary N) is 1. The van der Waals surface area contributed by atoms with E-state index in [1.807, 2.05) is 48.7 Å². The van der Waals surface area contributed by atoms with Crippen molar-refractivity contribution >= 4 is 28.4 Å². The second-order valence-electron chi connectivity index (χ2n) is 5.54. The molecule has 3 aromatic heterocycles. The fourth-order valence-electron chi connectivity index (χ4n) is 2.61. The number of hydrogen-bond acceptors (Lipinski definition) is 5. The summed E-state index contributed by atoms with van der Waals surface area (Å²) in [5.41, 5.74) is 7.33. The normalized spacial score (nSPS) is 11.1. The van der Waals surface area contributed by atoms with E-state index in [2.05, 4.69) is 15.0 Å². The Morgan fingerprint density at radius 2 is 1.96 bits per heavy atom. The zero-order chi connectivity index (χ0) is 17.6. The lowest BCUT2D eigenvalue weighted by atomic mass is 10.2. The largest absolute Gasteiger partial charge is 0.364 e. The average molecular weight is 351 g/mol. The fourth-order valence-corrected chi connectivity index (χ4v) is 3.27. The maximum atomic E-state index is 12.5. The molecule has 3 N–H and O–H groups in total. The third kappa shape index (κ3) is 2.52. The Labute approximate surface area is 145 Å². The highest BCUT2D eigenvalue weighted by atomic mass is 32.1. The zero-order valence-corrected chi connectivity index (χ0v) is 14.0. The molecule has 0 bridgehead atoms. The van der Waals surface area contributed by atoms with Gasteiger partial charge < -0.3 is 10.7 Å². The lowest BCUT2D eigenvalue weighted by Gasteiger charge is -2.05. The molecule has 0 aliphatic heterocycles. The van der Waals surface area contributed by atoms with Gasteiger partial charge in [-0.3, -0.25) is 4.79 Å². The standard InChI is InChI=1S/C17H13N5O2S/c1-9-4-6-10(7-5-9)22-16-13(20-17(22)24)12(14(18)23)19-15(21-16)11-3-2-8-25-11/h2-8H,1H3,(H2,18,23)(H,20,24). The highest BCUT2D eigenvalue weighted by molar-refractivity contribution is 7.13. The first-order chi connectivity index (χ1) is 12.0. The predicted molar refractivity (Wildman–Crippen MR) is 96.1 cm³/mol. The molecule has 0 radical (unpaired) electrons. The van der Waals surface area contributed by atoms with Crippen molar-refractivity contribution in [1.82, 2.24) is 19.5 Å². The number of nitrogens with zero attached hydrogens (tertiary/aromatic N) is 3. The number of carbonyl (C=O) groups excluding carboxylic acids is 1. The predicted octanol–water partition coefficient (Wildman–Crippen LogP) is 2.24. The van der Waals surface area contributed by atoms with E-state index in [1.165, 1.54) is 15.9 Å². The first kappa shape index (κ1) is 15.3. The Morgan fingerprint density at radius 3 is 2.60 bits per heavy atom. The van der Waals surface area contributed by atoms with Crippen LogP contribution >= 0.6 is 11.3 Å². The van der Waals surface area contributed by atoms with Crippen molar-refractivity contribution in [3.8, 4) is 16.4 Å². The molecular weight excluding hydrogens is 338 g/mol. The number of fused-ring (bicyclic) bond motifs is 1. The number of amides is 1. The molecule has 7 nitrogen and oxygen atoms in total. The SMILES string of the molecule is Cc1ccc(-n2c(=O)[nH]c3c(C(N)=O)nc(-c4cccs4)nc32)cc1. The lowest BCUT2D eigenvalue weighted by Crippen LogP contribution is -2.15. The summed E-state index contributed by atoms with van der Waals surface area (Å²) in [6.45, 7) is 1.96. The molecule has 0 saturated carbocycles. The van der Waals surface area contributed by atoms with Crippen LogP contribution in [0.1, 0.15) is 16.1 Å². The van der Waals surface area contributed by atoms with Crippen LogP contribution in [0, 0.1) is 6.92 Å². The molecule has 0 aliphatic rings. The minimum absolute atomic E-state index is 0.00337. The van der Waals surface area contributed by atoms with Crippen LogP contribution in [0.15, 0.2) is 46.6 Å². The average Bonchev–Trinajstić information content (AvgIpc) is 3.22. The van der Waals surface area contributed by atoms with Crippen molar-refractivity contribution in [3.05, 3.63) is 63.5 Å². The lowest BCUT2D eigenvalue weighted by molar-refractivity contribution is 0.0997. The monoisotopic (exact) mass is 351 g/mol. The molecule has 1 aromatic carbocycles. The van der Waals surface area contributed by atoms with Gasteiger partial charge in [-0.15, -0.1) is 11.3 Å². The number of carbonyl (C=O) groups is 1. The number of thiophene rings is 1. The number of nitrogens with two attached hydrogens (primary N) is 1. The van der Waals surface area contributed by atoms with Gasteiger partial charge in [-0.05, 0) is 30.5 Å². The number of aryl methyl sites for hydroxylation is 1. The molecule has 0 saturated heterocycles. The van der Waals surface area contributed by atoms with Crippen LogP contribution in [0.3, 0.4) is 0 Å². The Morgan fingerprint density at radius 1 is 1.20 bits per heavy atom. The fraction of sp³-hybridized carbons (Fsp3) is 0.0588. The Bertz CT molecular complexity index is 1140. The highest BCUT2D eigenvalue weighted by Gasteiger charge is 2.20. The number of H-pyrrole nitrogens is 1. The Hall–Kier alpha value is -3.26. The van der Waals surface area contributed by atoms with Crippen LogP contribution in [0.4, 0.5) is 0 Å². The van der Waals surface area contributed by atoms with Crippen molar-refractivity contribution in [1.29, 1.82) is 0 Å². The second-order valence-corrected chi connectivity index (χ2v) is 6.48. The van der Waals surface area contributed by atoms with Crippen LogP contribution < -0.4 is 11.4 Å². The van der Waals surface area contributed by atoms with Crippen molar-refractivity contribution < 1.29 is 4.79 Å². The van der Waals surface area contributed by atoms with E-state index < -0.39 is 11.6 Å². The third-order valence-electron chi connectivity index (χ3n) is 3.80. The number of primary amides is 1. The molecule has 4 aromatic rings. The van der Waals surface area contributed by atoms with Gasteiger partial charge in [0.1, 0.15) is 5.52 Å². The summed E-state index contributed by atoms with van der Waals surface area (Å²) >= 11 is 1.44. The van der Waals surface area contributed by atoms with Crippen LogP contribution in [-0.2, 0) is 0 Å². The van der Waals surface area contributed by atoms with E-state index in [9.17, 15) is 9.59 Å². The second kappa shape index (κ2) is 5.67. The zero-order valence-electron chi connectivity index (χ0n) is 13.2. The highest BCUT2D eigenvalue weighted by Crippen LogP contribution is 2.25. The van der Waals surface area contributed by atoms with Gasteiger partial charge in [-0.25, -0.2) is 19.3 Å². The van der Waals surface area contributed by atoms with Gasteiger partial charge in [0.25, 0.3) is 5.91 Å². The van der Waals surface area contributed by atoms with Crippen molar-refractivity contribution in [2.24, 2.45) is 5.73 Å². The smallest absolute Gasteiger partial charge is 0.332 e. The summed E-state index contributed by atoms with van der Waals surface area (Å²) in [4.78, 5) is 36.5. The van der Waals surface area contributed by atoms with E-state index in [1.54, 1.807) is 0 Å². The minimum Gasteiger partial charge on any atom is -0.364 e. The van der Waals surface area contributed by atoms with Crippen LogP contribution in [-0.4, -0.2) is 25.4 Å². The summed E-state index contributed by atoms with van der Waals surface area (Å²) in [5.74, 6) is -0.362. The molecule has 3 heterocycles. The van der Waals surface area contributed by atoms with E-state index in [0.29, 0.717) is 17.2 Å². The minimum atomic E-state index is -0.720. The van der Waals surface area contributed by atoms with Crippen LogP contribution in [0.25, 0.3) is 27.6 Å². The van der Waals surface area contributed by atoms with E-state index in [-0.39, 0.29) is 11.2 Å². The molecule has 1 amide bonds. The quantitative estimate of drug-likeness (QED) is 0.590. The van der Waals surface area contributed by atoms with Crippen molar-refractivity contribution in [3.63, 3.8) is 0 Å². The molecule has 0 atom stereocenters. The molecule has 0 spiro atoms. The summed E-state index contributed by atoms with van der Waals surface area (Å²) < 4.78 is 1.42. The maximum Gasteiger partial charge on any atom is 0.332 e. The molecule has 25 heavy (non-hydrogen) atoms. The summed E-state index contributed by atoms with van der Waals surface area (Å²) in [6, 6.07) is 11.1. The molecule has 0 fully saturated rings. The first-order valence-corrected chi connectivity index (χ1v) is 8.36. The van der Waals surface area contributed by atoms with E-state index >= 15 is 0 Å². The Balaban J connectivity index is 2.07. The molecule has 8 heteroatoms. The maximum absolute atomic E-state index is 12.5. The van der Waals surface area contributed by atoms with Crippen LogP contribution in [0.5, 0.6) is 0 Å². The number of imidazole rings is 1. The van der Waals surface area contributed by atoms with Gasteiger partial charge in [-0.1, -0.05) is 23.8 Å². The molecule has 0 unspecified atom stereocenters. The topological polar surface area (TPSA) is 107 Å². The van der Waals surface area contributed by atoms with E-state index in [0.717, 1.165) is 10.4 Å².